The van der Waals surface area contributed by atoms with Gasteiger partial charge < -0.3 is 20.5 Å². The second-order valence-electron chi connectivity index (χ2n) is 4.98. The van der Waals surface area contributed by atoms with E-state index in [-0.39, 0.29) is 31.7 Å². The molecule has 7 nitrogen and oxygen atoms in total. The lowest BCUT2D eigenvalue weighted by Crippen LogP contribution is -2.48. The van der Waals surface area contributed by atoms with Gasteiger partial charge in [0.15, 0.2) is 0 Å². The van der Waals surface area contributed by atoms with E-state index in [2.05, 4.69) is 17.2 Å². The summed E-state index contributed by atoms with van der Waals surface area (Å²) in [7, 11) is 0. The number of aromatic hydroxyl groups is 1. The van der Waals surface area contributed by atoms with Crippen molar-refractivity contribution in [2.45, 2.75) is 25.3 Å². The summed E-state index contributed by atoms with van der Waals surface area (Å²) in [6.07, 6.45) is 1.85. The quantitative estimate of drug-likeness (QED) is 0.470. The van der Waals surface area contributed by atoms with Crippen molar-refractivity contribution in [2.24, 2.45) is 0 Å². The average molecular weight is 331 g/mol. The SMILES string of the molecule is C=CCCOC(=O)NC(Cc1ccc(O)cc1)C(=O)NCCC#N. The Morgan fingerprint density at radius 1 is 1.38 bits per heavy atom. The van der Waals surface area contributed by atoms with Crippen molar-refractivity contribution < 1.29 is 19.4 Å². The number of alkyl carbamates (subject to hydrolysis) is 1. The third kappa shape index (κ3) is 7.31. The molecule has 2 amide bonds. The summed E-state index contributed by atoms with van der Waals surface area (Å²) < 4.78 is 4.95. The minimum Gasteiger partial charge on any atom is -0.508 e. The van der Waals surface area contributed by atoms with Crippen molar-refractivity contribution in [3.05, 3.63) is 42.5 Å². The van der Waals surface area contributed by atoms with Crippen LogP contribution in [0.3, 0.4) is 0 Å². The van der Waals surface area contributed by atoms with Crippen LogP contribution in [0.4, 0.5) is 4.79 Å². The molecule has 0 heterocycles. The van der Waals surface area contributed by atoms with Gasteiger partial charge in [-0.2, -0.15) is 5.26 Å². The van der Waals surface area contributed by atoms with Crippen molar-refractivity contribution in [3.8, 4) is 11.8 Å². The van der Waals surface area contributed by atoms with Crippen LogP contribution in [0.2, 0.25) is 0 Å². The third-order valence-corrected chi connectivity index (χ3v) is 3.08. The highest BCUT2D eigenvalue weighted by molar-refractivity contribution is 5.85. The van der Waals surface area contributed by atoms with Gasteiger partial charge in [0.25, 0.3) is 0 Å². The van der Waals surface area contributed by atoms with Gasteiger partial charge in [-0.05, 0) is 24.1 Å². The maximum atomic E-state index is 12.2. The molecule has 0 radical (unpaired) electrons. The Morgan fingerprint density at radius 2 is 2.08 bits per heavy atom. The minimum atomic E-state index is -0.843. The molecule has 0 saturated carbocycles. The number of nitrogens with zero attached hydrogens (tertiary/aromatic N) is 1. The molecule has 0 saturated heterocycles. The van der Waals surface area contributed by atoms with E-state index in [1.54, 1.807) is 18.2 Å². The summed E-state index contributed by atoms with van der Waals surface area (Å²) in [6, 6.07) is 7.42. The minimum absolute atomic E-state index is 0.116. The molecule has 7 heteroatoms. The first-order chi connectivity index (χ1) is 11.6. The number of nitrogens with one attached hydrogen (secondary N) is 2. The number of carbonyl (C=O) groups is 2. The monoisotopic (exact) mass is 331 g/mol. The number of ether oxygens (including phenoxy) is 1. The van der Waals surface area contributed by atoms with E-state index < -0.39 is 18.0 Å². The third-order valence-electron chi connectivity index (χ3n) is 3.08. The van der Waals surface area contributed by atoms with E-state index in [4.69, 9.17) is 10.00 Å². The van der Waals surface area contributed by atoms with E-state index in [1.807, 2.05) is 6.07 Å². The fourth-order valence-corrected chi connectivity index (χ4v) is 1.86. The van der Waals surface area contributed by atoms with Crippen LogP contribution in [-0.2, 0) is 16.0 Å². The first kappa shape index (κ1) is 19.0. The molecule has 0 bridgehead atoms. The van der Waals surface area contributed by atoms with Crippen LogP contribution in [0.25, 0.3) is 0 Å². The highest BCUT2D eigenvalue weighted by Gasteiger charge is 2.21. The highest BCUT2D eigenvalue weighted by Crippen LogP contribution is 2.11. The largest absolute Gasteiger partial charge is 0.508 e. The number of nitriles is 1. The normalized spacial score (nSPS) is 11.0. The summed E-state index contributed by atoms with van der Waals surface area (Å²) in [4.78, 5) is 24.0. The molecule has 3 N–H and O–H groups in total. The Hall–Kier alpha value is -3.01. The molecular formula is C17H21N3O4. The van der Waals surface area contributed by atoms with Crippen molar-refractivity contribution >= 4 is 12.0 Å². The first-order valence-electron chi connectivity index (χ1n) is 7.53. The zero-order chi connectivity index (χ0) is 17.8. The predicted molar refractivity (Wildman–Crippen MR) is 88.1 cm³/mol. The number of carbonyl (C=O) groups excluding carboxylic acids is 2. The zero-order valence-corrected chi connectivity index (χ0v) is 13.3. The van der Waals surface area contributed by atoms with Crippen molar-refractivity contribution in [2.75, 3.05) is 13.2 Å². The van der Waals surface area contributed by atoms with E-state index in [0.717, 1.165) is 5.56 Å². The van der Waals surface area contributed by atoms with E-state index >= 15 is 0 Å². The molecule has 1 aromatic carbocycles. The molecule has 128 valence electrons. The second kappa shape index (κ2) is 10.7. The fraction of sp³-hybridized carbons (Fsp3) is 0.353. The highest BCUT2D eigenvalue weighted by atomic mass is 16.5. The predicted octanol–water partition coefficient (Wildman–Crippen LogP) is 1.64. The molecule has 0 spiro atoms. The molecule has 24 heavy (non-hydrogen) atoms. The maximum absolute atomic E-state index is 12.2. The average Bonchev–Trinajstić information content (AvgIpc) is 2.56. The lowest BCUT2D eigenvalue weighted by atomic mass is 10.1. The van der Waals surface area contributed by atoms with Gasteiger partial charge in [-0.3, -0.25) is 4.79 Å². The number of benzene rings is 1. The lowest BCUT2D eigenvalue weighted by Gasteiger charge is -2.18. The summed E-state index contributed by atoms with van der Waals surface area (Å²) in [5, 5.41) is 22.9. The number of phenols is 1. The molecule has 1 rings (SSSR count). The Balaban J connectivity index is 2.68. The summed E-state index contributed by atoms with van der Waals surface area (Å²) in [6.45, 7) is 3.91. The zero-order valence-electron chi connectivity index (χ0n) is 13.3. The summed E-state index contributed by atoms with van der Waals surface area (Å²) in [5.41, 5.74) is 0.764. The van der Waals surface area contributed by atoms with Gasteiger partial charge in [-0.25, -0.2) is 4.79 Å². The van der Waals surface area contributed by atoms with Gasteiger partial charge in [-0.1, -0.05) is 18.2 Å². The molecular weight excluding hydrogens is 310 g/mol. The molecule has 1 aromatic rings. The van der Waals surface area contributed by atoms with Gasteiger partial charge >= 0.3 is 6.09 Å². The molecule has 0 aromatic heterocycles. The molecule has 0 fully saturated rings. The fourth-order valence-electron chi connectivity index (χ4n) is 1.86. The maximum Gasteiger partial charge on any atom is 0.407 e. The topological polar surface area (TPSA) is 111 Å². The smallest absolute Gasteiger partial charge is 0.407 e. The molecule has 0 aliphatic rings. The van der Waals surface area contributed by atoms with E-state index in [0.29, 0.717) is 6.42 Å². The van der Waals surface area contributed by atoms with Crippen molar-refractivity contribution in [3.63, 3.8) is 0 Å². The van der Waals surface area contributed by atoms with Crippen LogP contribution in [0.5, 0.6) is 5.75 Å². The van der Waals surface area contributed by atoms with Crippen LogP contribution in [0, 0.1) is 11.3 Å². The summed E-state index contributed by atoms with van der Waals surface area (Å²) in [5.74, 6) is -0.287. The van der Waals surface area contributed by atoms with Gasteiger partial charge in [-0.15, -0.1) is 6.58 Å². The van der Waals surface area contributed by atoms with Gasteiger partial charge in [0, 0.05) is 13.0 Å². The summed E-state index contributed by atoms with van der Waals surface area (Å²) >= 11 is 0. The first-order valence-corrected chi connectivity index (χ1v) is 7.53. The Bertz CT molecular complexity index is 593. The van der Waals surface area contributed by atoms with Crippen molar-refractivity contribution in [1.82, 2.24) is 10.6 Å². The molecule has 1 unspecified atom stereocenters. The van der Waals surface area contributed by atoms with Crippen LogP contribution >= 0.6 is 0 Å². The Morgan fingerprint density at radius 3 is 2.71 bits per heavy atom. The number of hydrogen-bond donors (Lipinski definition) is 3. The van der Waals surface area contributed by atoms with Crippen LogP contribution < -0.4 is 10.6 Å². The van der Waals surface area contributed by atoms with Gasteiger partial charge in [0.2, 0.25) is 5.91 Å². The molecule has 0 aliphatic carbocycles. The van der Waals surface area contributed by atoms with Crippen molar-refractivity contribution in [1.29, 1.82) is 5.26 Å². The second-order valence-corrected chi connectivity index (χ2v) is 4.98. The van der Waals surface area contributed by atoms with Gasteiger partial charge in [0.05, 0.1) is 19.1 Å². The van der Waals surface area contributed by atoms with E-state index in [1.165, 1.54) is 12.1 Å². The molecule has 0 aliphatic heterocycles. The molecule has 1 atom stereocenters. The number of amides is 2. The van der Waals surface area contributed by atoms with Gasteiger partial charge in [0.1, 0.15) is 11.8 Å². The van der Waals surface area contributed by atoms with Crippen LogP contribution in [0.1, 0.15) is 18.4 Å². The van der Waals surface area contributed by atoms with E-state index in [9.17, 15) is 14.7 Å². The Kier molecular flexibility index (Phi) is 8.47. The van der Waals surface area contributed by atoms with Crippen LogP contribution in [0.15, 0.2) is 36.9 Å². The standard InChI is InChI=1S/C17H21N3O4/c1-2-3-11-24-17(23)20-15(16(22)19-10-4-9-18)12-13-5-7-14(21)8-6-13/h2,5-8,15,21H,1,3-4,10-12H2,(H,19,22)(H,20,23). The number of phenolic OH excluding ortho intramolecular Hbond substituents is 1. The Labute approximate surface area is 140 Å². The van der Waals surface area contributed by atoms with Crippen LogP contribution in [-0.4, -0.2) is 36.3 Å². The number of hydrogen-bond acceptors (Lipinski definition) is 5. The number of rotatable bonds is 9. The lowest BCUT2D eigenvalue weighted by molar-refractivity contribution is -0.123.